The van der Waals surface area contributed by atoms with Crippen LogP contribution in [0.3, 0.4) is 0 Å². The molecule has 0 saturated carbocycles. The molecule has 2 N–H and O–H groups in total. The molecule has 0 aliphatic rings. The number of carbonyl (C=O) groups is 2. The van der Waals surface area contributed by atoms with E-state index in [9.17, 15) is 9.59 Å². The normalized spacial score (nSPS) is 9.94. The predicted molar refractivity (Wildman–Crippen MR) is 136 cm³/mol. The summed E-state index contributed by atoms with van der Waals surface area (Å²) in [6.07, 6.45) is 3.28. The quantitative estimate of drug-likeness (QED) is 0.330. The van der Waals surface area contributed by atoms with Crippen LogP contribution in [0.5, 0.6) is 0 Å². The Morgan fingerprint density at radius 3 is 2.45 bits per heavy atom. The first-order valence-corrected chi connectivity index (χ1v) is 11.6. The Balaban J connectivity index is 0.00000177. The Kier molecular flexibility index (Phi) is 12.9. The van der Waals surface area contributed by atoms with Crippen LogP contribution in [-0.4, -0.2) is 52.7 Å². The van der Waals surface area contributed by atoms with Gasteiger partial charge in [0.05, 0.1) is 16.3 Å². The Morgan fingerprint density at radius 2 is 1.85 bits per heavy atom. The van der Waals surface area contributed by atoms with Gasteiger partial charge in [0.25, 0.3) is 5.91 Å². The predicted octanol–water partition coefficient (Wildman–Crippen LogP) is 5.66. The number of rotatable bonds is 5. The molecule has 1 aromatic carbocycles. The van der Waals surface area contributed by atoms with E-state index in [4.69, 9.17) is 16.7 Å². The molecule has 33 heavy (non-hydrogen) atoms. The van der Waals surface area contributed by atoms with Gasteiger partial charge >= 0.3 is 0 Å². The number of halogens is 4. The van der Waals surface area contributed by atoms with Crippen LogP contribution in [0.1, 0.15) is 20.8 Å². The number of nitrogens with one attached hydrogen (secondary N) is 1. The third-order valence-corrected chi connectivity index (χ3v) is 5.92. The maximum Gasteiger partial charge on any atom is 0.272 e. The minimum Gasteiger partial charge on any atom is -0.568 e. The summed E-state index contributed by atoms with van der Waals surface area (Å²) >= 11 is 16.4. The summed E-state index contributed by atoms with van der Waals surface area (Å²) in [7, 11) is 4.04. The largest absolute Gasteiger partial charge is 0.568 e. The van der Waals surface area contributed by atoms with E-state index in [1.54, 1.807) is 47.3 Å². The van der Waals surface area contributed by atoms with Crippen molar-refractivity contribution in [1.29, 1.82) is 0 Å². The standard InChI is InChI=1S/C19H14Br3ClN5O2.CH4O.Y/c1-24-27(2)19(30)12-6-10(20)7-13(22)16(12)26-18(29)15-8-11(21)9-28(15)17-14(23)4-3-5-25-17;1-2;/h3-9H,1-2H3,(H,26,29);2H,1H3;/q-1;;. The fourth-order valence-corrected chi connectivity index (χ4v) is 4.61. The fraction of sp³-hybridized carbons (Fsp3) is 0.150. The van der Waals surface area contributed by atoms with Crippen LogP contribution in [0.15, 0.2) is 56.1 Å². The molecule has 3 aromatic rings. The second-order valence-corrected chi connectivity index (χ2v) is 9.11. The van der Waals surface area contributed by atoms with E-state index in [-0.39, 0.29) is 49.9 Å². The Morgan fingerprint density at radius 1 is 1.18 bits per heavy atom. The molecule has 2 heterocycles. The number of hydrogen-bond donors (Lipinski definition) is 2. The van der Waals surface area contributed by atoms with Gasteiger partial charge in [0.1, 0.15) is 5.69 Å². The molecule has 0 fully saturated rings. The number of benzene rings is 1. The third kappa shape index (κ3) is 7.41. The van der Waals surface area contributed by atoms with Crippen molar-refractivity contribution in [3.05, 3.63) is 77.8 Å². The van der Waals surface area contributed by atoms with E-state index in [1.165, 1.54) is 19.1 Å². The van der Waals surface area contributed by atoms with Crippen molar-refractivity contribution in [3.63, 3.8) is 0 Å². The molecule has 1 radical (unpaired) electrons. The van der Waals surface area contributed by atoms with Gasteiger partial charge in [-0.1, -0.05) is 27.5 Å². The molecule has 0 aliphatic heterocycles. The number of carbonyl (C=O) groups excluding carboxylic acids is 2. The molecule has 0 unspecified atom stereocenters. The Bertz CT molecular complexity index is 1150. The molecule has 13 heteroatoms. The monoisotopic (exact) mass is 737 g/mol. The molecule has 0 atom stereocenters. The number of amides is 2. The van der Waals surface area contributed by atoms with Crippen molar-refractivity contribution in [1.82, 2.24) is 14.6 Å². The summed E-state index contributed by atoms with van der Waals surface area (Å²) < 4.78 is 3.45. The summed E-state index contributed by atoms with van der Waals surface area (Å²) in [5, 5.41) is 11.4. The van der Waals surface area contributed by atoms with Gasteiger partial charge in [0.15, 0.2) is 5.82 Å². The molecule has 0 spiro atoms. The van der Waals surface area contributed by atoms with Crippen molar-refractivity contribution in [2.24, 2.45) is 0 Å². The zero-order valence-electron chi connectivity index (χ0n) is 17.7. The topological polar surface area (TPSA) is 102 Å². The van der Waals surface area contributed by atoms with E-state index in [0.717, 1.165) is 7.11 Å². The molecule has 8 nitrogen and oxygen atoms in total. The number of hydrogen-bond acceptors (Lipinski definition) is 4. The van der Waals surface area contributed by atoms with Crippen LogP contribution in [0.2, 0.25) is 5.02 Å². The van der Waals surface area contributed by atoms with E-state index < -0.39 is 5.91 Å². The first-order valence-electron chi connectivity index (χ1n) is 8.84. The summed E-state index contributed by atoms with van der Waals surface area (Å²) in [5.41, 5.74) is 4.75. The maximum atomic E-state index is 13.2. The van der Waals surface area contributed by atoms with Crippen LogP contribution in [0.25, 0.3) is 11.2 Å². The average Bonchev–Trinajstić information content (AvgIpc) is 3.17. The smallest absolute Gasteiger partial charge is 0.272 e. The van der Waals surface area contributed by atoms with Crippen LogP contribution in [-0.2, 0) is 32.7 Å². The van der Waals surface area contributed by atoms with Gasteiger partial charge < -0.3 is 20.9 Å². The number of aliphatic hydroxyl groups excluding tert-OH is 1. The van der Waals surface area contributed by atoms with Crippen molar-refractivity contribution in [2.75, 3.05) is 26.5 Å². The molecule has 3 rings (SSSR count). The number of aliphatic hydroxyl groups is 1. The summed E-state index contributed by atoms with van der Waals surface area (Å²) in [4.78, 5) is 30.2. The van der Waals surface area contributed by atoms with Gasteiger partial charge in [0, 0.05) is 65.6 Å². The van der Waals surface area contributed by atoms with Crippen molar-refractivity contribution in [2.45, 2.75) is 0 Å². The molecular formula is C20H18Br3ClN5O3Y-. The van der Waals surface area contributed by atoms with Gasteiger partial charge in [-0.25, -0.2) is 4.98 Å². The van der Waals surface area contributed by atoms with Gasteiger partial charge in [-0.2, -0.15) is 0 Å². The minimum atomic E-state index is -0.449. The number of nitrogens with zero attached hydrogens (tertiary/aromatic N) is 4. The number of pyridine rings is 1. The fourth-order valence-electron chi connectivity index (χ4n) is 2.65. The molecular weight excluding hydrogens is 722 g/mol. The summed E-state index contributed by atoms with van der Waals surface area (Å²) in [6.45, 7) is 0. The van der Waals surface area contributed by atoms with Gasteiger partial charge in [-0.05, 0) is 69.2 Å². The Hall–Kier alpha value is -0.656. The van der Waals surface area contributed by atoms with Crippen LogP contribution in [0.4, 0.5) is 5.69 Å². The molecule has 0 aliphatic carbocycles. The average molecular weight is 740 g/mol. The summed E-state index contributed by atoms with van der Waals surface area (Å²) in [5.74, 6) is -0.416. The first-order chi connectivity index (χ1) is 15.2. The SMILES string of the molecule is CO.C[N-]N(C)C(=O)c1cc(Br)cc(Br)c1NC(=O)c1cc(Br)cn1-c1ncccc1Cl.[Y]. The van der Waals surface area contributed by atoms with Crippen LogP contribution >= 0.6 is 59.4 Å². The molecule has 2 amide bonds. The first kappa shape index (κ1) is 30.4. The van der Waals surface area contributed by atoms with Gasteiger partial charge in [-0.3, -0.25) is 14.2 Å². The molecule has 2 aromatic heterocycles. The zero-order valence-corrected chi connectivity index (χ0v) is 26.0. The van der Waals surface area contributed by atoms with E-state index in [0.29, 0.717) is 29.9 Å². The molecule has 173 valence electrons. The van der Waals surface area contributed by atoms with E-state index in [2.05, 4.69) is 63.5 Å². The van der Waals surface area contributed by atoms with E-state index in [1.807, 2.05) is 0 Å². The van der Waals surface area contributed by atoms with Crippen molar-refractivity contribution < 1.29 is 47.4 Å². The van der Waals surface area contributed by atoms with Crippen LogP contribution < -0.4 is 5.32 Å². The maximum absolute atomic E-state index is 13.2. The second kappa shape index (κ2) is 14.0. The second-order valence-electron chi connectivity index (χ2n) is 6.02. The summed E-state index contributed by atoms with van der Waals surface area (Å²) in [6, 6.07) is 8.39. The van der Waals surface area contributed by atoms with Gasteiger partial charge in [-0.15, -0.1) is 7.05 Å². The minimum absolute atomic E-state index is 0. The van der Waals surface area contributed by atoms with E-state index >= 15 is 0 Å². The number of anilines is 1. The van der Waals surface area contributed by atoms with Gasteiger partial charge in [0.2, 0.25) is 5.91 Å². The zero-order chi connectivity index (χ0) is 24.0. The van der Waals surface area contributed by atoms with Crippen LogP contribution in [0, 0.1) is 0 Å². The molecule has 0 bridgehead atoms. The number of aromatic nitrogens is 2. The Labute approximate surface area is 246 Å². The molecule has 0 saturated heterocycles. The van der Waals surface area contributed by atoms with Crippen molar-refractivity contribution >= 4 is 76.9 Å². The third-order valence-electron chi connectivity index (χ3n) is 4.10. The van der Waals surface area contributed by atoms with Crippen molar-refractivity contribution in [3.8, 4) is 5.82 Å².